The summed E-state index contributed by atoms with van der Waals surface area (Å²) in [6, 6.07) is 3.85. The van der Waals surface area contributed by atoms with E-state index in [9.17, 15) is 0 Å². The predicted molar refractivity (Wildman–Crippen MR) is 107 cm³/mol. The van der Waals surface area contributed by atoms with E-state index in [4.69, 9.17) is 9.40 Å². The highest BCUT2D eigenvalue weighted by atomic mass is 127. The summed E-state index contributed by atoms with van der Waals surface area (Å²) in [7, 11) is 2.00. The van der Waals surface area contributed by atoms with Crippen LogP contribution in [0.1, 0.15) is 22.6 Å². The number of fused-ring (bicyclic) bond motifs is 3. The molecule has 4 heterocycles. The summed E-state index contributed by atoms with van der Waals surface area (Å²) in [4.78, 5) is 5.92. The molecule has 4 aromatic rings. The second kappa shape index (κ2) is 6.03. The van der Waals surface area contributed by atoms with Gasteiger partial charge in [-0.05, 0) is 37.1 Å². The van der Waals surface area contributed by atoms with Gasteiger partial charge in [-0.25, -0.2) is 4.98 Å². The first-order valence-electron chi connectivity index (χ1n) is 7.67. The Kier molecular flexibility index (Phi) is 4.00. The largest absolute Gasteiger partial charge is 0.467 e. The summed E-state index contributed by atoms with van der Waals surface area (Å²) in [5.41, 5.74) is 4.93. The van der Waals surface area contributed by atoms with Crippen LogP contribution in [0.3, 0.4) is 0 Å². The highest BCUT2D eigenvalue weighted by Crippen LogP contribution is 2.40. The summed E-state index contributed by atoms with van der Waals surface area (Å²) in [5.74, 6) is 1.78. The molecule has 0 aliphatic carbocycles. The topological polar surface area (TPSA) is 55.9 Å². The minimum absolute atomic E-state index is 0.623. The number of furan rings is 1. The minimum atomic E-state index is 0.623. The van der Waals surface area contributed by atoms with E-state index in [1.54, 1.807) is 17.6 Å². The number of anilines is 1. The smallest absolute Gasteiger partial charge is 0.166 e. The van der Waals surface area contributed by atoms with Crippen LogP contribution in [0.5, 0.6) is 0 Å². The average Bonchev–Trinajstić information content (AvgIpc) is 3.23. The number of nitrogens with zero attached hydrogens (tertiary/aromatic N) is 3. The van der Waals surface area contributed by atoms with E-state index in [1.165, 1.54) is 16.5 Å². The molecule has 0 atom stereocenters. The van der Waals surface area contributed by atoms with Crippen molar-refractivity contribution in [1.82, 2.24) is 14.8 Å². The third kappa shape index (κ3) is 2.41. The predicted octanol–water partition coefficient (Wildman–Crippen LogP) is 4.94. The molecule has 0 amide bonds. The maximum atomic E-state index is 5.39. The molecule has 7 heteroatoms. The molecule has 5 nitrogen and oxygen atoms in total. The third-order valence-corrected chi connectivity index (χ3v) is 6.17. The normalized spacial score (nSPS) is 11.7. The molecule has 4 aromatic heterocycles. The van der Waals surface area contributed by atoms with Gasteiger partial charge in [0.1, 0.15) is 10.6 Å². The summed E-state index contributed by atoms with van der Waals surface area (Å²) in [6.07, 6.45) is 1.69. The fourth-order valence-electron chi connectivity index (χ4n) is 3.08. The highest BCUT2D eigenvalue weighted by molar-refractivity contribution is 14.1. The lowest BCUT2D eigenvalue weighted by Gasteiger charge is -2.07. The lowest BCUT2D eigenvalue weighted by Crippen LogP contribution is -2.00. The Balaban J connectivity index is 1.87. The standard InChI is InChI=1S/C17H17IN4OS/c1-9-12(7-18)10(2)20-17-13(9)14-15(24-17)16(21-22(14)3)19-8-11-5-4-6-23-11/h4-6H,7-8H2,1-3H3,(H,19,21). The Morgan fingerprint density at radius 1 is 1.38 bits per heavy atom. The molecule has 0 aromatic carbocycles. The van der Waals surface area contributed by atoms with E-state index in [2.05, 4.69) is 46.9 Å². The Bertz CT molecular complexity index is 1030. The molecule has 0 saturated carbocycles. The number of halogens is 1. The maximum absolute atomic E-state index is 5.39. The van der Waals surface area contributed by atoms with Crippen molar-refractivity contribution < 1.29 is 4.42 Å². The second-order valence-electron chi connectivity index (χ2n) is 5.80. The van der Waals surface area contributed by atoms with Crippen LogP contribution < -0.4 is 5.32 Å². The van der Waals surface area contributed by atoms with Crippen LogP contribution in [0.15, 0.2) is 22.8 Å². The number of pyridine rings is 1. The number of aryl methyl sites for hydroxylation is 3. The van der Waals surface area contributed by atoms with Crippen LogP contribution in [0.25, 0.3) is 20.4 Å². The molecule has 0 bridgehead atoms. The van der Waals surface area contributed by atoms with Gasteiger partial charge in [0, 0.05) is 22.6 Å². The van der Waals surface area contributed by atoms with Crippen molar-refractivity contribution in [2.24, 2.45) is 7.05 Å². The van der Waals surface area contributed by atoms with Crippen molar-refractivity contribution in [1.29, 1.82) is 0 Å². The molecule has 1 N–H and O–H groups in total. The summed E-state index contributed by atoms with van der Waals surface area (Å²) < 4.78 is 9.47. The minimum Gasteiger partial charge on any atom is -0.467 e. The van der Waals surface area contributed by atoms with Crippen LogP contribution in [0, 0.1) is 13.8 Å². The molecule has 0 radical (unpaired) electrons. The fourth-order valence-corrected chi connectivity index (χ4v) is 5.47. The van der Waals surface area contributed by atoms with Gasteiger partial charge >= 0.3 is 0 Å². The summed E-state index contributed by atoms with van der Waals surface area (Å²) in [6.45, 7) is 4.91. The van der Waals surface area contributed by atoms with Crippen LogP contribution in [-0.4, -0.2) is 14.8 Å². The number of hydrogen-bond acceptors (Lipinski definition) is 5. The number of hydrogen-bond donors (Lipinski definition) is 1. The van der Waals surface area contributed by atoms with Gasteiger partial charge in [0.25, 0.3) is 0 Å². The zero-order chi connectivity index (χ0) is 16.8. The van der Waals surface area contributed by atoms with Gasteiger partial charge in [-0.2, -0.15) is 5.10 Å². The molecular weight excluding hydrogens is 435 g/mol. The van der Waals surface area contributed by atoms with E-state index < -0.39 is 0 Å². The highest BCUT2D eigenvalue weighted by Gasteiger charge is 2.20. The zero-order valence-electron chi connectivity index (χ0n) is 13.7. The van der Waals surface area contributed by atoms with Gasteiger partial charge in [0.15, 0.2) is 5.82 Å². The van der Waals surface area contributed by atoms with E-state index in [1.807, 2.05) is 23.9 Å². The van der Waals surface area contributed by atoms with Crippen molar-refractivity contribution in [3.63, 3.8) is 0 Å². The third-order valence-electron chi connectivity index (χ3n) is 4.33. The number of alkyl halides is 1. The number of aromatic nitrogens is 3. The van der Waals surface area contributed by atoms with Crippen LogP contribution in [0.4, 0.5) is 5.82 Å². The fraction of sp³-hybridized carbons (Fsp3) is 0.294. The molecule has 0 unspecified atom stereocenters. The first-order valence-corrected chi connectivity index (χ1v) is 10.0. The quantitative estimate of drug-likeness (QED) is 0.352. The SMILES string of the molecule is Cc1nc2sc3c(NCc4ccco4)nn(C)c3c2c(C)c1CI. The van der Waals surface area contributed by atoms with Gasteiger partial charge in [-0.1, -0.05) is 22.6 Å². The zero-order valence-corrected chi connectivity index (χ0v) is 16.7. The monoisotopic (exact) mass is 452 g/mol. The molecule has 0 fully saturated rings. The van der Waals surface area contributed by atoms with Crippen LogP contribution >= 0.6 is 33.9 Å². The van der Waals surface area contributed by atoms with Gasteiger partial charge in [0.05, 0.1) is 23.0 Å². The van der Waals surface area contributed by atoms with Crippen molar-refractivity contribution in [2.45, 2.75) is 24.8 Å². The Morgan fingerprint density at radius 3 is 2.92 bits per heavy atom. The molecule has 0 aliphatic heterocycles. The van der Waals surface area contributed by atoms with E-state index in [0.29, 0.717) is 6.54 Å². The van der Waals surface area contributed by atoms with Gasteiger partial charge < -0.3 is 9.73 Å². The molecule has 0 saturated heterocycles. The van der Waals surface area contributed by atoms with Crippen molar-refractivity contribution >= 4 is 60.2 Å². The van der Waals surface area contributed by atoms with E-state index in [0.717, 1.165) is 36.7 Å². The lowest BCUT2D eigenvalue weighted by atomic mass is 10.1. The summed E-state index contributed by atoms with van der Waals surface area (Å²) in [5, 5.41) is 9.28. The Hall–Kier alpha value is -1.61. The molecule has 4 rings (SSSR count). The second-order valence-corrected chi connectivity index (χ2v) is 7.56. The molecule has 124 valence electrons. The molecule has 0 spiro atoms. The van der Waals surface area contributed by atoms with Crippen molar-refractivity contribution in [2.75, 3.05) is 5.32 Å². The van der Waals surface area contributed by atoms with Crippen LogP contribution in [-0.2, 0) is 18.0 Å². The Labute approximate surface area is 157 Å². The molecule has 0 aliphatic rings. The lowest BCUT2D eigenvalue weighted by molar-refractivity contribution is 0.517. The molecular formula is C17H17IN4OS. The van der Waals surface area contributed by atoms with Gasteiger partial charge in [-0.3, -0.25) is 4.68 Å². The van der Waals surface area contributed by atoms with Crippen molar-refractivity contribution in [3.8, 4) is 0 Å². The van der Waals surface area contributed by atoms with Gasteiger partial charge in [0.2, 0.25) is 0 Å². The first kappa shape index (κ1) is 15.9. The average molecular weight is 452 g/mol. The van der Waals surface area contributed by atoms with Gasteiger partial charge in [-0.15, -0.1) is 11.3 Å². The van der Waals surface area contributed by atoms with Crippen molar-refractivity contribution in [3.05, 3.63) is 41.0 Å². The number of nitrogens with one attached hydrogen (secondary N) is 1. The number of thiophene rings is 1. The van der Waals surface area contributed by atoms with E-state index in [-0.39, 0.29) is 0 Å². The summed E-state index contributed by atoms with van der Waals surface area (Å²) >= 11 is 4.11. The molecule has 24 heavy (non-hydrogen) atoms. The number of rotatable bonds is 4. The Morgan fingerprint density at radius 2 is 2.21 bits per heavy atom. The first-order chi connectivity index (χ1) is 11.6. The maximum Gasteiger partial charge on any atom is 0.166 e. The van der Waals surface area contributed by atoms with E-state index >= 15 is 0 Å². The van der Waals surface area contributed by atoms with Crippen LogP contribution in [0.2, 0.25) is 0 Å².